The molecule has 0 aliphatic carbocycles. The van der Waals surface area contributed by atoms with E-state index in [0.717, 1.165) is 25.9 Å². The van der Waals surface area contributed by atoms with Gasteiger partial charge in [-0.25, -0.2) is 9.97 Å². The molecule has 1 amide bonds. The van der Waals surface area contributed by atoms with Crippen LogP contribution in [0.25, 0.3) is 0 Å². The number of carbonyl (C=O) groups excluding carboxylic acids is 1. The van der Waals surface area contributed by atoms with Gasteiger partial charge in [0.25, 0.3) is 5.91 Å². The van der Waals surface area contributed by atoms with Gasteiger partial charge in [-0.2, -0.15) is 0 Å². The van der Waals surface area contributed by atoms with E-state index in [2.05, 4.69) is 20.2 Å². The molecule has 2 heterocycles. The molecule has 22 heavy (non-hydrogen) atoms. The third-order valence-corrected chi connectivity index (χ3v) is 3.82. The van der Waals surface area contributed by atoms with Crippen LogP contribution in [0.5, 0.6) is 0 Å². The number of carbonyl (C=O) groups is 1. The number of nitrogens with zero attached hydrogens (tertiary/aromatic N) is 3. The van der Waals surface area contributed by atoms with E-state index in [4.69, 9.17) is 23.2 Å². The summed E-state index contributed by atoms with van der Waals surface area (Å²) in [4.78, 5) is 22.9. The lowest BCUT2D eigenvalue weighted by molar-refractivity contribution is 0.102. The number of hydrogen-bond acceptors (Lipinski definition) is 4. The van der Waals surface area contributed by atoms with Gasteiger partial charge in [0.1, 0.15) is 5.69 Å². The van der Waals surface area contributed by atoms with Crippen LogP contribution in [-0.4, -0.2) is 29.0 Å². The largest absolute Gasteiger partial charge is 0.341 e. The molecule has 114 valence electrons. The molecule has 7 heteroatoms. The lowest BCUT2D eigenvalue weighted by atomic mass is 10.3. The zero-order chi connectivity index (χ0) is 15.5. The van der Waals surface area contributed by atoms with Crippen LogP contribution in [-0.2, 0) is 0 Å². The highest BCUT2D eigenvalue weighted by molar-refractivity contribution is 6.35. The van der Waals surface area contributed by atoms with Crippen molar-refractivity contribution in [3.63, 3.8) is 0 Å². The molecule has 3 rings (SSSR count). The average Bonchev–Trinajstić information content (AvgIpc) is 3.00. The van der Waals surface area contributed by atoms with Gasteiger partial charge in [0, 0.05) is 35.0 Å². The SMILES string of the molecule is O=C(Nc1cc(Cl)cc(Cl)c1)c1ccnc(N2CCCC2)n1. The quantitative estimate of drug-likeness (QED) is 0.929. The maximum Gasteiger partial charge on any atom is 0.274 e. The Bertz CT molecular complexity index is 681. The van der Waals surface area contributed by atoms with E-state index in [9.17, 15) is 4.79 Å². The van der Waals surface area contributed by atoms with Gasteiger partial charge in [-0.15, -0.1) is 0 Å². The Balaban J connectivity index is 1.78. The van der Waals surface area contributed by atoms with E-state index in [1.807, 2.05) is 0 Å². The summed E-state index contributed by atoms with van der Waals surface area (Å²) in [6, 6.07) is 6.46. The van der Waals surface area contributed by atoms with E-state index in [-0.39, 0.29) is 5.91 Å². The van der Waals surface area contributed by atoms with E-state index >= 15 is 0 Å². The molecule has 1 aromatic heterocycles. The van der Waals surface area contributed by atoms with Crippen molar-refractivity contribution >= 4 is 40.7 Å². The van der Waals surface area contributed by atoms with Crippen LogP contribution in [0.4, 0.5) is 11.6 Å². The van der Waals surface area contributed by atoms with Crippen LogP contribution in [0, 0.1) is 0 Å². The molecule has 1 fully saturated rings. The third-order valence-electron chi connectivity index (χ3n) is 3.38. The van der Waals surface area contributed by atoms with Gasteiger partial charge in [-0.05, 0) is 37.1 Å². The summed E-state index contributed by atoms with van der Waals surface area (Å²) in [5.41, 5.74) is 0.844. The molecule has 0 radical (unpaired) electrons. The van der Waals surface area contributed by atoms with Crippen LogP contribution >= 0.6 is 23.2 Å². The molecule has 0 saturated carbocycles. The van der Waals surface area contributed by atoms with Crippen molar-refractivity contribution in [3.8, 4) is 0 Å². The number of nitrogens with one attached hydrogen (secondary N) is 1. The Morgan fingerprint density at radius 3 is 2.50 bits per heavy atom. The Hall–Kier alpha value is -1.85. The standard InChI is InChI=1S/C15H14Cl2N4O/c16-10-7-11(17)9-12(8-10)19-14(22)13-3-4-18-15(20-13)21-5-1-2-6-21/h3-4,7-9H,1-2,5-6H2,(H,19,22). The molecular weight excluding hydrogens is 323 g/mol. The number of halogens is 2. The molecule has 1 saturated heterocycles. The molecule has 0 spiro atoms. The van der Waals surface area contributed by atoms with Gasteiger partial charge in [-0.1, -0.05) is 23.2 Å². The molecule has 1 aliphatic heterocycles. The summed E-state index contributed by atoms with van der Waals surface area (Å²) in [5.74, 6) is 0.274. The summed E-state index contributed by atoms with van der Waals surface area (Å²) >= 11 is 11.8. The lowest BCUT2D eigenvalue weighted by Gasteiger charge is -2.15. The van der Waals surface area contributed by atoms with E-state index in [0.29, 0.717) is 27.4 Å². The van der Waals surface area contributed by atoms with Crippen molar-refractivity contribution < 1.29 is 4.79 Å². The summed E-state index contributed by atoms with van der Waals surface area (Å²) in [5, 5.41) is 3.66. The summed E-state index contributed by atoms with van der Waals surface area (Å²) in [7, 11) is 0. The number of aromatic nitrogens is 2. The van der Waals surface area contributed by atoms with E-state index in [1.54, 1.807) is 30.5 Å². The second kappa shape index (κ2) is 6.50. The number of amides is 1. The predicted octanol–water partition coefficient (Wildman–Crippen LogP) is 3.64. The van der Waals surface area contributed by atoms with Crippen molar-refractivity contribution in [2.24, 2.45) is 0 Å². The second-order valence-corrected chi connectivity index (χ2v) is 5.92. The highest BCUT2D eigenvalue weighted by Gasteiger charge is 2.17. The highest BCUT2D eigenvalue weighted by atomic mass is 35.5. The highest BCUT2D eigenvalue weighted by Crippen LogP contribution is 2.23. The maximum atomic E-state index is 12.3. The summed E-state index contributed by atoms with van der Waals surface area (Å²) in [6.45, 7) is 1.85. The van der Waals surface area contributed by atoms with Gasteiger partial charge in [-0.3, -0.25) is 4.79 Å². The van der Waals surface area contributed by atoms with Crippen LogP contribution in [0.15, 0.2) is 30.5 Å². The van der Waals surface area contributed by atoms with Gasteiger partial charge in [0.05, 0.1) is 0 Å². The first-order valence-electron chi connectivity index (χ1n) is 6.97. The second-order valence-electron chi connectivity index (χ2n) is 5.05. The topological polar surface area (TPSA) is 58.1 Å². The predicted molar refractivity (Wildman–Crippen MR) is 87.9 cm³/mol. The summed E-state index contributed by atoms with van der Waals surface area (Å²) < 4.78 is 0. The van der Waals surface area contributed by atoms with Crippen molar-refractivity contribution in [2.75, 3.05) is 23.3 Å². The fourth-order valence-electron chi connectivity index (χ4n) is 2.37. The molecule has 1 N–H and O–H groups in total. The molecule has 2 aromatic rings. The van der Waals surface area contributed by atoms with Crippen LogP contribution in [0.2, 0.25) is 10.0 Å². The fraction of sp³-hybridized carbons (Fsp3) is 0.267. The van der Waals surface area contributed by atoms with Crippen molar-refractivity contribution in [1.29, 1.82) is 0 Å². The smallest absolute Gasteiger partial charge is 0.274 e. The third kappa shape index (κ3) is 3.48. The molecular formula is C15H14Cl2N4O. The Labute approximate surface area is 138 Å². The minimum absolute atomic E-state index is 0.313. The Morgan fingerprint density at radius 1 is 1.14 bits per heavy atom. The number of anilines is 2. The van der Waals surface area contributed by atoms with Gasteiger partial charge < -0.3 is 10.2 Å². The summed E-state index contributed by atoms with van der Waals surface area (Å²) in [6.07, 6.45) is 3.85. The minimum Gasteiger partial charge on any atom is -0.341 e. The first-order chi connectivity index (χ1) is 10.6. The number of hydrogen-bond donors (Lipinski definition) is 1. The molecule has 1 aliphatic rings. The first kappa shape index (κ1) is 15.1. The van der Waals surface area contributed by atoms with Crippen LogP contribution in [0.1, 0.15) is 23.3 Å². The lowest BCUT2D eigenvalue weighted by Crippen LogP contribution is -2.22. The van der Waals surface area contributed by atoms with Crippen molar-refractivity contribution in [1.82, 2.24) is 9.97 Å². The zero-order valence-electron chi connectivity index (χ0n) is 11.7. The van der Waals surface area contributed by atoms with Crippen molar-refractivity contribution in [2.45, 2.75) is 12.8 Å². The molecule has 0 unspecified atom stereocenters. The molecule has 0 atom stereocenters. The van der Waals surface area contributed by atoms with Crippen molar-refractivity contribution in [3.05, 3.63) is 46.2 Å². The first-order valence-corrected chi connectivity index (χ1v) is 7.73. The van der Waals surface area contributed by atoms with Crippen LogP contribution < -0.4 is 10.2 Å². The monoisotopic (exact) mass is 336 g/mol. The molecule has 0 bridgehead atoms. The minimum atomic E-state index is -0.318. The number of benzene rings is 1. The fourth-order valence-corrected chi connectivity index (χ4v) is 2.89. The number of rotatable bonds is 3. The van der Waals surface area contributed by atoms with Gasteiger partial charge >= 0.3 is 0 Å². The average molecular weight is 337 g/mol. The van der Waals surface area contributed by atoms with Gasteiger partial charge in [0.15, 0.2) is 0 Å². The molecule has 1 aromatic carbocycles. The molecule has 5 nitrogen and oxygen atoms in total. The van der Waals surface area contributed by atoms with Gasteiger partial charge in [0.2, 0.25) is 5.95 Å². The Kier molecular flexibility index (Phi) is 4.45. The normalized spacial score (nSPS) is 14.2. The zero-order valence-corrected chi connectivity index (χ0v) is 13.2. The van der Waals surface area contributed by atoms with E-state index < -0.39 is 0 Å². The Morgan fingerprint density at radius 2 is 1.82 bits per heavy atom. The van der Waals surface area contributed by atoms with Crippen LogP contribution in [0.3, 0.4) is 0 Å². The van der Waals surface area contributed by atoms with E-state index in [1.165, 1.54) is 0 Å². The maximum absolute atomic E-state index is 12.3.